The summed E-state index contributed by atoms with van der Waals surface area (Å²) in [6.07, 6.45) is 92.5. The minimum Gasteiger partial charge on any atom is -0.462 e. The number of rotatable bonds is 100. The normalized spacial score (nSPS) is 11.6. The summed E-state index contributed by atoms with van der Waals surface area (Å²) in [5.41, 5.74) is 0. The van der Waals surface area contributed by atoms with Crippen LogP contribution >= 0.6 is 35.3 Å². The molecule has 0 unspecified atom stereocenters. The summed E-state index contributed by atoms with van der Waals surface area (Å²) in [4.78, 5) is 123. The largest absolute Gasteiger partial charge is 0.462 e. The number of hydrogen-bond acceptors (Lipinski definition) is 21. The maximum absolute atomic E-state index is 13.0. The SMILES string of the molecule is CCC/C=C/CCC(CC/C=C/CCC)OC(=O)CCCCCCN(CCCCCCC(=O)OC/C=C\CCCCCC)C(=O)SCCN(C)C.CCCCCC/C=C\COC(=O)CC.CCCCCC/C=C\COC(=O)CCCCCCN(CCCCCCC(=O)OC(CCCCCC)CCCCCC)C(=O)SCCN(C)C.CCCCCN(CCCCCCCC(=O)OC(CCCC)CCCC)C(=O)SCCN(C)C. The molecule has 147 heavy (non-hydrogen) atoms. The van der Waals surface area contributed by atoms with Gasteiger partial charge >= 0.3 is 35.8 Å². The van der Waals surface area contributed by atoms with E-state index in [1.807, 2.05) is 70.3 Å². The first-order chi connectivity index (χ1) is 71.4. The van der Waals surface area contributed by atoms with Crippen LogP contribution in [0, 0.1) is 0 Å². The Labute approximate surface area is 918 Å². The van der Waals surface area contributed by atoms with Gasteiger partial charge in [0.15, 0.2) is 0 Å². The monoisotopic (exact) mass is 2130 g/mol. The van der Waals surface area contributed by atoms with Gasteiger partial charge in [-0.25, -0.2) is 0 Å². The summed E-state index contributed by atoms with van der Waals surface area (Å²) in [7, 11) is 12.2. The van der Waals surface area contributed by atoms with Crippen molar-refractivity contribution in [2.75, 3.05) is 138 Å². The summed E-state index contributed by atoms with van der Waals surface area (Å²) < 4.78 is 33.2. The molecule has 0 heterocycles. The Morgan fingerprint density at radius 1 is 0.204 bits per heavy atom. The third-order valence-corrected chi connectivity index (χ3v) is 28.3. The molecular formula is C123H232N6O15S3. The van der Waals surface area contributed by atoms with Crippen molar-refractivity contribution in [1.82, 2.24) is 29.4 Å². The van der Waals surface area contributed by atoms with Gasteiger partial charge in [0.1, 0.15) is 38.1 Å². The highest BCUT2D eigenvalue weighted by molar-refractivity contribution is 8.14. The van der Waals surface area contributed by atoms with Crippen LogP contribution in [0.25, 0.3) is 0 Å². The molecule has 862 valence electrons. The van der Waals surface area contributed by atoms with Gasteiger partial charge in [-0.15, -0.1) is 0 Å². The molecule has 3 amide bonds. The van der Waals surface area contributed by atoms with E-state index >= 15 is 0 Å². The van der Waals surface area contributed by atoms with E-state index in [0.29, 0.717) is 58.3 Å². The van der Waals surface area contributed by atoms with Crippen LogP contribution < -0.4 is 0 Å². The second-order valence-corrected chi connectivity index (χ2v) is 44.1. The average Bonchev–Trinajstić information content (AvgIpc) is 0.945. The number of unbranched alkanes of at least 4 members (excludes halogenated alkanes) is 40. The van der Waals surface area contributed by atoms with Crippen molar-refractivity contribution in [1.29, 1.82) is 0 Å². The van der Waals surface area contributed by atoms with Gasteiger partial charge in [-0.1, -0.05) is 391 Å². The predicted octanol–water partition coefficient (Wildman–Crippen LogP) is 34.4. The highest BCUT2D eigenvalue weighted by Crippen LogP contribution is 2.24. The first-order valence-corrected chi connectivity index (χ1v) is 63.4. The first kappa shape index (κ1) is 148. The molecule has 0 fully saturated rings. The van der Waals surface area contributed by atoms with Crippen LogP contribution in [-0.2, 0) is 57.2 Å². The lowest BCUT2D eigenvalue weighted by molar-refractivity contribution is -0.151. The van der Waals surface area contributed by atoms with Crippen molar-refractivity contribution in [3.63, 3.8) is 0 Å². The zero-order valence-corrected chi connectivity index (χ0v) is 101. The van der Waals surface area contributed by atoms with Crippen LogP contribution in [0.3, 0.4) is 0 Å². The summed E-state index contributed by atoms with van der Waals surface area (Å²) in [5.74, 6) is 1.91. The van der Waals surface area contributed by atoms with E-state index in [1.54, 1.807) is 6.92 Å². The van der Waals surface area contributed by atoms with Gasteiger partial charge in [0.25, 0.3) is 15.7 Å². The molecule has 0 saturated carbocycles. The smallest absolute Gasteiger partial charge is 0.306 e. The molecule has 21 nitrogen and oxygen atoms in total. The van der Waals surface area contributed by atoms with Crippen LogP contribution in [-0.4, -0.2) is 238 Å². The Balaban J connectivity index is -0.000000993. The predicted molar refractivity (Wildman–Crippen MR) is 633 cm³/mol. The van der Waals surface area contributed by atoms with Gasteiger partial charge in [0, 0.05) is 115 Å². The number of allylic oxidation sites excluding steroid dienone is 7. The van der Waals surface area contributed by atoms with Crippen LogP contribution in [0.2, 0.25) is 0 Å². The Morgan fingerprint density at radius 2 is 0.422 bits per heavy atom. The van der Waals surface area contributed by atoms with Gasteiger partial charge in [0.05, 0.1) is 0 Å². The number of carbonyl (C=O) groups is 9. The number of amides is 3. The van der Waals surface area contributed by atoms with Crippen molar-refractivity contribution in [2.45, 2.75) is 538 Å². The molecule has 0 radical (unpaired) electrons. The van der Waals surface area contributed by atoms with E-state index in [4.69, 9.17) is 28.4 Å². The molecule has 0 aromatic carbocycles. The second kappa shape index (κ2) is 119. The quantitative estimate of drug-likeness (QED) is 0.0238. The maximum Gasteiger partial charge on any atom is 0.306 e. The van der Waals surface area contributed by atoms with E-state index in [1.165, 1.54) is 164 Å². The molecule has 0 saturated heterocycles. The number of thioether (sulfide) groups is 3. The molecule has 24 heteroatoms. The Morgan fingerprint density at radius 3 is 0.694 bits per heavy atom. The number of carbonyl (C=O) groups excluding carboxylic acids is 9. The lowest BCUT2D eigenvalue weighted by atomic mass is 10.0. The molecule has 0 aliphatic carbocycles. The molecule has 0 aliphatic rings. The molecule has 0 aromatic rings. The highest BCUT2D eigenvalue weighted by Gasteiger charge is 2.22. The number of esters is 6. The Bertz CT molecular complexity index is 3060. The minimum absolute atomic E-state index is 0.0188. The Kier molecular flexibility index (Phi) is 120. The van der Waals surface area contributed by atoms with E-state index in [9.17, 15) is 43.2 Å². The zero-order valence-electron chi connectivity index (χ0n) is 98.4. The summed E-state index contributed by atoms with van der Waals surface area (Å²) in [6, 6.07) is 0. The van der Waals surface area contributed by atoms with Crippen LogP contribution in [0.4, 0.5) is 14.4 Å². The molecule has 0 atom stereocenters. The molecular weight excluding hydrogens is 1900 g/mol. The van der Waals surface area contributed by atoms with Gasteiger partial charge in [-0.3, -0.25) is 43.2 Å². The van der Waals surface area contributed by atoms with E-state index in [2.05, 4.69) is 131 Å². The molecule has 0 aliphatic heterocycles. The standard InChI is InChI=1S/C43H78N2O5S.C41H78N2O5S.C27H54N2O3S.C12H22O2/c1-6-9-12-15-16-23-30-38-49-41(46)33-26-19-21-28-35-45(43(48)51-39-37-44(4)5)36-29-22-20-27-34-42(47)50-40(31-24-17-13-10-7-2)32-25-18-14-11-8-3;1-6-9-12-15-16-21-28-36-47-39(44)31-24-17-19-26-33-43(41(46)49-37-35-42(4)5)34-27-20-18-25-32-40(45)48-38(29-22-13-10-7-2)30-23-14-11-8-3;1-6-9-16-21-29(27(31)33-24-23-28(4)5)22-17-14-12-13-15-20-26(30)32-25(18-10-7-2)19-11-8-3;1-3-5-6-7-8-9-10-11-14-12(13)4-2/h13-14,17-18,23,30,40H,6-12,15-16,19-22,24-29,31-39H2,1-5H3;21,28,38H,6-20,22-27,29-37H2,1-5H3;25H,6-24H2,1-5H3;9-10H,3-8,11H2,1-2H3/b17-13+,18-14+,30-23-;28-21-;;10-9-. The van der Waals surface area contributed by atoms with Gasteiger partial charge in [-0.05, 0) is 228 Å². The average molecular weight is 2130 g/mol. The second-order valence-electron chi connectivity index (χ2n) is 41.0. The zero-order chi connectivity index (χ0) is 109. The van der Waals surface area contributed by atoms with Crippen molar-refractivity contribution < 1.29 is 71.6 Å². The van der Waals surface area contributed by atoms with E-state index < -0.39 is 0 Å². The third kappa shape index (κ3) is 115. The highest BCUT2D eigenvalue weighted by atomic mass is 32.2. The van der Waals surface area contributed by atoms with Gasteiger partial charge < -0.3 is 57.8 Å². The number of hydrogen-bond donors (Lipinski definition) is 0. The lowest BCUT2D eigenvalue weighted by Gasteiger charge is -2.22. The fraction of sp³-hybridized carbons (Fsp3) is 0.846. The van der Waals surface area contributed by atoms with Crippen LogP contribution in [0.5, 0.6) is 0 Å². The van der Waals surface area contributed by atoms with Crippen molar-refractivity contribution in [2.24, 2.45) is 0 Å². The maximum atomic E-state index is 13.0. The van der Waals surface area contributed by atoms with Gasteiger partial charge in [-0.2, -0.15) is 0 Å². The summed E-state index contributed by atoms with van der Waals surface area (Å²) in [5, 5.41) is 0.551. The van der Waals surface area contributed by atoms with Crippen LogP contribution in [0.15, 0.2) is 60.8 Å². The summed E-state index contributed by atoms with van der Waals surface area (Å²) >= 11 is 4.27. The fourth-order valence-corrected chi connectivity index (χ4v) is 19.1. The Hall–Kier alpha value is -5.14. The van der Waals surface area contributed by atoms with Gasteiger partial charge in [0.2, 0.25) is 0 Å². The molecule has 0 rings (SSSR count). The van der Waals surface area contributed by atoms with E-state index in [-0.39, 0.29) is 69.8 Å². The fourth-order valence-electron chi connectivity index (χ4n) is 16.1. The molecule has 0 spiro atoms. The summed E-state index contributed by atoms with van der Waals surface area (Å²) in [6.45, 7) is 32.4. The third-order valence-electron chi connectivity index (χ3n) is 25.6. The first-order valence-electron chi connectivity index (χ1n) is 60.4. The number of nitrogens with zero attached hydrogens (tertiary/aromatic N) is 6. The molecule has 0 aromatic heterocycles. The molecule has 0 bridgehead atoms. The van der Waals surface area contributed by atoms with Crippen molar-refractivity contribution in [3.05, 3.63) is 60.8 Å². The lowest BCUT2D eigenvalue weighted by Crippen LogP contribution is -2.30. The minimum atomic E-state index is -0.127. The topological polar surface area (TPSA) is 228 Å². The van der Waals surface area contributed by atoms with Crippen LogP contribution in [0.1, 0.15) is 519 Å². The number of ether oxygens (including phenoxy) is 6. The molecule has 0 N–H and O–H groups in total. The van der Waals surface area contributed by atoms with E-state index in [0.717, 1.165) is 352 Å². The van der Waals surface area contributed by atoms with Crippen molar-refractivity contribution >= 4 is 86.8 Å². The van der Waals surface area contributed by atoms with Crippen molar-refractivity contribution in [3.8, 4) is 0 Å².